The van der Waals surface area contributed by atoms with E-state index in [1.54, 1.807) is 14.2 Å². The predicted molar refractivity (Wildman–Crippen MR) is 115 cm³/mol. The van der Waals surface area contributed by atoms with Gasteiger partial charge in [0.2, 0.25) is 5.75 Å². The van der Waals surface area contributed by atoms with E-state index in [0.29, 0.717) is 12.4 Å². The average molecular weight is 505 g/mol. The van der Waals surface area contributed by atoms with Gasteiger partial charge in [0.25, 0.3) is 0 Å². The summed E-state index contributed by atoms with van der Waals surface area (Å²) in [5.41, 5.74) is 1.08. The number of benzene rings is 1. The molecule has 0 unspecified atom stereocenters. The monoisotopic (exact) mass is 505 g/mol. The van der Waals surface area contributed by atoms with Crippen LogP contribution in [-0.4, -0.2) is 53.0 Å². The fraction of sp³-hybridized carbons (Fsp3) is 0.652. The third kappa shape index (κ3) is 11.1. The quantitative estimate of drug-likeness (QED) is 0.221. The summed E-state index contributed by atoms with van der Waals surface area (Å²) in [6.07, 6.45) is 12.6. The molecule has 4 nitrogen and oxygen atoms in total. The van der Waals surface area contributed by atoms with Crippen molar-refractivity contribution in [3.05, 3.63) is 23.8 Å². The van der Waals surface area contributed by atoms with Crippen LogP contribution in [0.15, 0.2) is 18.2 Å². The molecule has 0 aliphatic rings. The molecule has 5 heteroatoms. The molecule has 0 bridgehead atoms. The van der Waals surface area contributed by atoms with Crippen molar-refractivity contribution in [1.29, 1.82) is 0 Å². The lowest BCUT2D eigenvalue weighted by Crippen LogP contribution is -3.00. The van der Waals surface area contributed by atoms with E-state index >= 15 is 0 Å². The summed E-state index contributed by atoms with van der Waals surface area (Å²) in [6.45, 7) is 4.11. The molecule has 1 aromatic carbocycles. The SMILES string of the molecule is CCCCCCOc1c(OC)cc(/C=C\CCCC[N+](C)(C)C)cc1OC.[I-]. The molecule has 0 fully saturated rings. The number of unbranched alkanes of at least 4 members (excludes halogenated alkanes) is 5. The number of hydrogen-bond donors (Lipinski definition) is 0. The van der Waals surface area contributed by atoms with Crippen LogP contribution in [0.3, 0.4) is 0 Å². The van der Waals surface area contributed by atoms with Gasteiger partial charge in [-0.05, 0) is 43.4 Å². The lowest BCUT2D eigenvalue weighted by atomic mass is 10.1. The van der Waals surface area contributed by atoms with Crippen LogP contribution in [-0.2, 0) is 0 Å². The highest BCUT2D eigenvalue weighted by Crippen LogP contribution is 2.39. The zero-order valence-electron chi connectivity index (χ0n) is 18.7. The Bertz CT molecular complexity index is 542. The molecule has 1 aromatic rings. The number of halogens is 1. The molecule has 0 aliphatic heterocycles. The summed E-state index contributed by atoms with van der Waals surface area (Å²) in [7, 11) is 10.1. The minimum absolute atomic E-state index is 0. The van der Waals surface area contributed by atoms with Gasteiger partial charge < -0.3 is 42.7 Å². The number of methoxy groups -OCH3 is 2. The first-order valence-corrected chi connectivity index (χ1v) is 10.3. The summed E-state index contributed by atoms with van der Waals surface area (Å²) in [6, 6.07) is 4.04. The Morgan fingerprint density at radius 1 is 0.893 bits per heavy atom. The maximum absolute atomic E-state index is 5.97. The second-order valence-electron chi connectivity index (χ2n) is 8.08. The van der Waals surface area contributed by atoms with Gasteiger partial charge in [-0.2, -0.15) is 0 Å². The van der Waals surface area contributed by atoms with Gasteiger partial charge in [-0.25, -0.2) is 0 Å². The molecule has 0 aliphatic carbocycles. The topological polar surface area (TPSA) is 27.7 Å². The molecule has 0 radical (unpaired) electrons. The van der Waals surface area contributed by atoms with Gasteiger partial charge in [-0.3, -0.25) is 0 Å². The third-order valence-corrected chi connectivity index (χ3v) is 4.49. The number of hydrogen-bond acceptors (Lipinski definition) is 3. The van der Waals surface area contributed by atoms with Crippen LogP contribution in [0, 0.1) is 0 Å². The van der Waals surface area contributed by atoms with Gasteiger partial charge in [0.15, 0.2) is 11.5 Å². The zero-order chi connectivity index (χ0) is 20.1. The van der Waals surface area contributed by atoms with Gasteiger partial charge >= 0.3 is 0 Å². The van der Waals surface area contributed by atoms with Crippen LogP contribution in [0.4, 0.5) is 0 Å². The molecule has 0 N–H and O–H groups in total. The maximum atomic E-state index is 5.97. The first-order chi connectivity index (χ1) is 12.9. The van der Waals surface area contributed by atoms with Gasteiger partial charge in [-0.15, -0.1) is 0 Å². The smallest absolute Gasteiger partial charge is 0.203 e. The van der Waals surface area contributed by atoms with Gasteiger partial charge in [-0.1, -0.05) is 38.3 Å². The van der Waals surface area contributed by atoms with Crippen molar-refractivity contribution in [1.82, 2.24) is 0 Å². The molecule has 0 saturated heterocycles. The fourth-order valence-corrected chi connectivity index (χ4v) is 2.91. The van der Waals surface area contributed by atoms with Crippen LogP contribution < -0.4 is 38.2 Å². The molecule has 0 atom stereocenters. The molecule has 1 rings (SSSR count). The van der Waals surface area contributed by atoms with E-state index in [9.17, 15) is 0 Å². The Balaban J connectivity index is 0.00000729. The standard InChI is InChI=1S/C23H40NO3.HI/c1-7-8-9-14-17-27-23-21(25-5)18-20(19-22(23)26-6)15-12-10-11-13-16-24(2,3)4;/h12,15,18-19H,7-11,13-14,16-17H2,1-6H3;1H/q+1;/p-1/b15-12-;. The van der Waals surface area contributed by atoms with Crippen molar-refractivity contribution < 1.29 is 42.7 Å². The van der Waals surface area contributed by atoms with E-state index in [4.69, 9.17) is 14.2 Å². The van der Waals surface area contributed by atoms with Crippen LogP contribution in [0.25, 0.3) is 6.08 Å². The predicted octanol–water partition coefficient (Wildman–Crippen LogP) is 2.56. The van der Waals surface area contributed by atoms with Crippen LogP contribution in [0.2, 0.25) is 0 Å². The number of ether oxygens (including phenoxy) is 3. The second kappa shape index (κ2) is 15.0. The van der Waals surface area contributed by atoms with E-state index < -0.39 is 0 Å². The fourth-order valence-electron chi connectivity index (χ4n) is 2.91. The Morgan fingerprint density at radius 3 is 2.07 bits per heavy atom. The van der Waals surface area contributed by atoms with E-state index in [-0.39, 0.29) is 24.0 Å². The number of quaternary nitrogens is 1. The summed E-state index contributed by atoms with van der Waals surface area (Å²) < 4.78 is 18.1. The van der Waals surface area contributed by atoms with Crippen molar-refractivity contribution in [2.24, 2.45) is 0 Å². The van der Waals surface area contributed by atoms with Crippen LogP contribution >= 0.6 is 0 Å². The molecule has 0 saturated carbocycles. The molecule has 162 valence electrons. The first-order valence-electron chi connectivity index (χ1n) is 10.3. The number of nitrogens with zero attached hydrogens (tertiary/aromatic N) is 1. The normalized spacial score (nSPS) is 11.4. The highest BCUT2D eigenvalue weighted by Gasteiger charge is 2.13. The summed E-state index contributed by atoms with van der Waals surface area (Å²) in [4.78, 5) is 0. The van der Waals surface area contributed by atoms with Crippen LogP contribution in [0.5, 0.6) is 17.2 Å². The van der Waals surface area contributed by atoms with E-state index in [1.807, 2.05) is 12.1 Å². The van der Waals surface area contributed by atoms with Crippen molar-refractivity contribution >= 4 is 6.08 Å². The van der Waals surface area contributed by atoms with E-state index in [1.165, 1.54) is 38.6 Å². The molecule has 0 amide bonds. The largest absolute Gasteiger partial charge is 1.00 e. The zero-order valence-corrected chi connectivity index (χ0v) is 20.9. The molecular weight excluding hydrogens is 465 g/mol. The maximum Gasteiger partial charge on any atom is 0.203 e. The first kappa shape index (κ1) is 27.0. The minimum Gasteiger partial charge on any atom is -1.00 e. The summed E-state index contributed by atoms with van der Waals surface area (Å²) in [5, 5.41) is 0. The Morgan fingerprint density at radius 2 is 1.54 bits per heavy atom. The van der Waals surface area contributed by atoms with Gasteiger partial charge in [0.1, 0.15) is 0 Å². The van der Waals surface area contributed by atoms with Crippen molar-refractivity contribution in [2.45, 2.75) is 51.9 Å². The number of allylic oxidation sites excluding steroid dienone is 1. The Hall–Kier alpha value is -0.950. The van der Waals surface area contributed by atoms with Gasteiger partial charge in [0.05, 0.1) is 48.5 Å². The van der Waals surface area contributed by atoms with Crippen LogP contribution in [0.1, 0.15) is 57.4 Å². The lowest BCUT2D eigenvalue weighted by Gasteiger charge is -2.23. The lowest BCUT2D eigenvalue weighted by molar-refractivity contribution is -0.870. The third-order valence-electron chi connectivity index (χ3n) is 4.49. The highest BCUT2D eigenvalue weighted by molar-refractivity contribution is 5.62. The second-order valence-corrected chi connectivity index (χ2v) is 8.08. The summed E-state index contributed by atoms with van der Waals surface area (Å²) in [5.74, 6) is 2.17. The molecule has 0 spiro atoms. The van der Waals surface area contributed by atoms with E-state index in [2.05, 4.69) is 40.2 Å². The number of rotatable bonds is 14. The highest BCUT2D eigenvalue weighted by atomic mass is 127. The molecule has 0 heterocycles. The average Bonchev–Trinajstić information content (AvgIpc) is 2.63. The van der Waals surface area contributed by atoms with Crippen molar-refractivity contribution in [3.63, 3.8) is 0 Å². The Labute approximate surface area is 189 Å². The van der Waals surface area contributed by atoms with Crippen molar-refractivity contribution in [2.75, 3.05) is 48.5 Å². The molecular formula is C23H40INO3. The van der Waals surface area contributed by atoms with Crippen molar-refractivity contribution in [3.8, 4) is 17.2 Å². The summed E-state index contributed by atoms with van der Waals surface area (Å²) >= 11 is 0. The Kier molecular flexibility index (Phi) is 14.5. The minimum atomic E-state index is 0. The van der Waals surface area contributed by atoms with Gasteiger partial charge in [0, 0.05) is 0 Å². The molecule has 28 heavy (non-hydrogen) atoms. The van der Waals surface area contributed by atoms with E-state index in [0.717, 1.165) is 34.4 Å². The molecule has 0 aromatic heterocycles.